The van der Waals surface area contributed by atoms with Crippen molar-refractivity contribution in [2.75, 3.05) is 26.9 Å². The van der Waals surface area contributed by atoms with Gasteiger partial charge in [-0.1, -0.05) is 0 Å². The Bertz CT molecular complexity index is 520. The van der Waals surface area contributed by atoms with Crippen LogP contribution in [-0.2, 0) is 6.54 Å². The molecule has 0 aliphatic carbocycles. The summed E-state index contributed by atoms with van der Waals surface area (Å²) in [6, 6.07) is 7.88. The molecule has 1 heterocycles. The second-order valence-corrected chi connectivity index (χ2v) is 5.41. The van der Waals surface area contributed by atoms with Gasteiger partial charge in [-0.3, -0.25) is 0 Å². The van der Waals surface area contributed by atoms with E-state index in [9.17, 15) is 0 Å². The molecule has 0 aliphatic rings. The summed E-state index contributed by atoms with van der Waals surface area (Å²) in [5, 5.41) is 0.609. The van der Waals surface area contributed by atoms with Gasteiger partial charge in [-0.2, -0.15) is 0 Å². The molecular weight excluding hydrogens is 246 g/mol. The molecule has 0 bridgehead atoms. The fourth-order valence-electron chi connectivity index (χ4n) is 1.74. The van der Waals surface area contributed by atoms with E-state index in [1.165, 1.54) is 4.88 Å². The van der Waals surface area contributed by atoms with E-state index in [1.807, 2.05) is 38.4 Å². The van der Waals surface area contributed by atoms with Crippen molar-refractivity contribution in [1.29, 1.82) is 0 Å². The molecule has 96 valence electrons. The summed E-state index contributed by atoms with van der Waals surface area (Å²) >= 11 is 1.54. The van der Waals surface area contributed by atoms with Crippen LogP contribution in [0.1, 0.15) is 4.88 Å². The number of hydrogen-bond donors (Lipinski definition) is 1. The van der Waals surface area contributed by atoms with Gasteiger partial charge in [-0.25, -0.2) is 4.98 Å². The number of thiazole rings is 1. The topological polar surface area (TPSA) is 51.4 Å². The minimum Gasteiger partial charge on any atom is -0.497 e. The van der Waals surface area contributed by atoms with Crippen LogP contribution in [0.25, 0.3) is 11.3 Å². The first-order valence-corrected chi connectivity index (χ1v) is 6.46. The Morgan fingerprint density at radius 2 is 1.94 bits per heavy atom. The molecule has 0 aliphatic heterocycles. The first kappa shape index (κ1) is 12.9. The predicted molar refractivity (Wildman–Crippen MR) is 75.9 cm³/mol. The molecule has 0 radical (unpaired) electrons. The van der Waals surface area contributed by atoms with Gasteiger partial charge in [0.15, 0.2) is 5.13 Å². The molecule has 0 saturated carbocycles. The Hall–Kier alpha value is -1.59. The zero-order chi connectivity index (χ0) is 13.1. The highest BCUT2D eigenvalue weighted by Gasteiger charge is 2.12. The summed E-state index contributed by atoms with van der Waals surface area (Å²) in [5.74, 6) is 0.844. The summed E-state index contributed by atoms with van der Waals surface area (Å²) in [5.41, 5.74) is 7.85. The van der Waals surface area contributed by atoms with Crippen molar-refractivity contribution in [2.45, 2.75) is 6.54 Å². The van der Waals surface area contributed by atoms with Crippen LogP contribution in [0.3, 0.4) is 0 Å². The van der Waals surface area contributed by atoms with E-state index in [0.29, 0.717) is 5.13 Å². The Labute approximate surface area is 111 Å². The summed E-state index contributed by atoms with van der Waals surface area (Å²) in [4.78, 5) is 7.71. The maximum absolute atomic E-state index is 5.81. The van der Waals surface area contributed by atoms with Crippen molar-refractivity contribution in [1.82, 2.24) is 9.88 Å². The molecule has 2 aromatic rings. The van der Waals surface area contributed by atoms with Crippen LogP contribution in [0.4, 0.5) is 5.13 Å². The second-order valence-electron chi connectivity index (χ2n) is 4.29. The Morgan fingerprint density at radius 1 is 1.28 bits per heavy atom. The molecule has 0 unspecified atom stereocenters. The average Bonchev–Trinajstić information content (AvgIpc) is 2.69. The Morgan fingerprint density at radius 3 is 2.50 bits per heavy atom. The van der Waals surface area contributed by atoms with E-state index >= 15 is 0 Å². The number of nitrogen functional groups attached to an aromatic ring is 1. The number of nitrogens with two attached hydrogens (primary N) is 1. The summed E-state index contributed by atoms with van der Waals surface area (Å²) in [6.07, 6.45) is 0. The number of hydrogen-bond acceptors (Lipinski definition) is 5. The molecule has 2 N–H and O–H groups in total. The van der Waals surface area contributed by atoms with E-state index < -0.39 is 0 Å². The molecule has 2 rings (SSSR count). The van der Waals surface area contributed by atoms with Crippen molar-refractivity contribution in [3.8, 4) is 17.0 Å². The van der Waals surface area contributed by atoms with Crippen molar-refractivity contribution in [2.24, 2.45) is 0 Å². The standard InChI is InChI=1S/C13H17N3OS/c1-16(2)8-11-12(15-13(14)18-11)9-4-6-10(17-3)7-5-9/h4-7H,8H2,1-3H3,(H2,14,15). The molecule has 0 spiro atoms. The first-order valence-electron chi connectivity index (χ1n) is 5.64. The largest absolute Gasteiger partial charge is 0.497 e. The minimum absolute atomic E-state index is 0.609. The summed E-state index contributed by atoms with van der Waals surface area (Å²) < 4.78 is 5.15. The Kier molecular flexibility index (Phi) is 3.84. The van der Waals surface area contributed by atoms with Gasteiger partial charge in [0.2, 0.25) is 0 Å². The van der Waals surface area contributed by atoms with E-state index in [4.69, 9.17) is 10.5 Å². The number of aromatic nitrogens is 1. The number of anilines is 1. The van der Waals surface area contributed by atoms with Crippen LogP contribution in [0, 0.1) is 0 Å². The third kappa shape index (κ3) is 2.80. The van der Waals surface area contributed by atoms with Crippen molar-refractivity contribution < 1.29 is 4.74 Å². The van der Waals surface area contributed by atoms with E-state index in [2.05, 4.69) is 9.88 Å². The van der Waals surface area contributed by atoms with Gasteiger partial charge >= 0.3 is 0 Å². The second kappa shape index (κ2) is 5.37. The maximum atomic E-state index is 5.81. The SMILES string of the molecule is COc1ccc(-c2nc(N)sc2CN(C)C)cc1. The number of ether oxygens (including phenoxy) is 1. The number of nitrogens with zero attached hydrogens (tertiary/aromatic N) is 2. The lowest BCUT2D eigenvalue weighted by Crippen LogP contribution is -2.10. The van der Waals surface area contributed by atoms with Gasteiger partial charge in [-0.15, -0.1) is 11.3 Å². The number of benzene rings is 1. The average molecular weight is 263 g/mol. The van der Waals surface area contributed by atoms with E-state index in [1.54, 1.807) is 18.4 Å². The maximum Gasteiger partial charge on any atom is 0.180 e. The lowest BCUT2D eigenvalue weighted by atomic mass is 10.1. The van der Waals surface area contributed by atoms with Crippen molar-refractivity contribution in [3.05, 3.63) is 29.1 Å². The predicted octanol–water partition coefficient (Wildman–Crippen LogP) is 2.46. The van der Waals surface area contributed by atoms with Crippen LogP contribution in [0.15, 0.2) is 24.3 Å². The first-order chi connectivity index (χ1) is 8.60. The van der Waals surface area contributed by atoms with Gasteiger partial charge in [0, 0.05) is 17.0 Å². The van der Waals surface area contributed by atoms with Crippen LogP contribution < -0.4 is 10.5 Å². The molecular formula is C13H17N3OS. The summed E-state index contributed by atoms with van der Waals surface area (Å²) in [7, 11) is 5.73. The molecule has 1 aromatic carbocycles. The van der Waals surface area contributed by atoms with Gasteiger partial charge in [0.25, 0.3) is 0 Å². The quantitative estimate of drug-likeness (QED) is 0.920. The van der Waals surface area contributed by atoms with Crippen LogP contribution in [0.5, 0.6) is 5.75 Å². The molecule has 0 saturated heterocycles. The molecule has 0 fully saturated rings. The lowest BCUT2D eigenvalue weighted by molar-refractivity contribution is 0.406. The van der Waals surface area contributed by atoms with E-state index in [0.717, 1.165) is 23.6 Å². The smallest absolute Gasteiger partial charge is 0.180 e. The normalized spacial score (nSPS) is 10.9. The van der Waals surface area contributed by atoms with Gasteiger partial charge in [-0.05, 0) is 38.4 Å². The van der Waals surface area contributed by atoms with Crippen LogP contribution >= 0.6 is 11.3 Å². The highest BCUT2D eigenvalue weighted by atomic mass is 32.1. The van der Waals surface area contributed by atoms with Crippen molar-refractivity contribution in [3.63, 3.8) is 0 Å². The summed E-state index contributed by atoms with van der Waals surface area (Å²) in [6.45, 7) is 0.843. The minimum atomic E-state index is 0.609. The third-order valence-corrected chi connectivity index (χ3v) is 3.41. The fraction of sp³-hybridized carbons (Fsp3) is 0.308. The van der Waals surface area contributed by atoms with Gasteiger partial charge in [0.1, 0.15) is 5.75 Å². The van der Waals surface area contributed by atoms with Crippen molar-refractivity contribution >= 4 is 16.5 Å². The fourth-order valence-corrected chi connectivity index (χ4v) is 2.71. The lowest BCUT2D eigenvalue weighted by Gasteiger charge is -2.09. The molecule has 4 nitrogen and oxygen atoms in total. The van der Waals surface area contributed by atoms with Crippen LogP contribution in [-0.4, -0.2) is 31.1 Å². The van der Waals surface area contributed by atoms with Gasteiger partial charge < -0.3 is 15.4 Å². The number of methoxy groups -OCH3 is 1. The molecule has 0 amide bonds. The third-order valence-electron chi connectivity index (χ3n) is 2.54. The van der Waals surface area contributed by atoms with Crippen LogP contribution in [0.2, 0.25) is 0 Å². The molecule has 5 heteroatoms. The Balaban J connectivity index is 2.36. The highest BCUT2D eigenvalue weighted by Crippen LogP contribution is 2.31. The molecule has 1 aromatic heterocycles. The monoisotopic (exact) mass is 263 g/mol. The zero-order valence-electron chi connectivity index (χ0n) is 10.8. The number of rotatable bonds is 4. The zero-order valence-corrected chi connectivity index (χ0v) is 11.6. The highest BCUT2D eigenvalue weighted by molar-refractivity contribution is 7.15. The molecule has 0 atom stereocenters. The van der Waals surface area contributed by atoms with E-state index in [-0.39, 0.29) is 0 Å². The van der Waals surface area contributed by atoms with Gasteiger partial charge in [0.05, 0.1) is 12.8 Å². The molecule has 18 heavy (non-hydrogen) atoms.